The molecule has 3 heterocycles. The van der Waals surface area contributed by atoms with E-state index >= 15 is 0 Å². The van der Waals surface area contributed by atoms with Gasteiger partial charge in [0, 0.05) is 24.8 Å². The molecule has 1 N–H and O–H groups in total. The Morgan fingerprint density at radius 2 is 1.86 bits per heavy atom. The van der Waals surface area contributed by atoms with Gasteiger partial charge in [0.15, 0.2) is 5.65 Å². The molecule has 7 heteroatoms. The predicted octanol–water partition coefficient (Wildman–Crippen LogP) is 4.22. The molecule has 1 aliphatic rings. The molecule has 28 heavy (non-hydrogen) atoms. The summed E-state index contributed by atoms with van der Waals surface area (Å²) in [5.41, 5.74) is 6.20. The van der Waals surface area contributed by atoms with E-state index in [-0.39, 0.29) is 0 Å². The lowest BCUT2D eigenvalue weighted by Crippen LogP contribution is -2.44. The number of pyridine rings is 1. The fourth-order valence-corrected chi connectivity index (χ4v) is 4.16. The van der Waals surface area contributed by atoms with Gasteiger partial charge in [-0.1, -0.05) is 41.4 Å². The van der Waals surface area contributed by atoms with Crippen LogP contribution in [0.25, 0.3) is 16.8 Å². The summed E-state index contributed by atoms with van der Waals surface area (Å²) in [4.78, 5) is 4.19. The molecule has 0 aliphatic carbocycles. The highest BCUT2D eigenvalue weighted by atomic mass is 35.5. The quantitative estimate of drug-likeness (QED) is 0.508. The van der Waals surface area contributed by atoms with Gasteiger partial charge in [-0.3, -0.25) is 0 Å². The molecular weight excluding hydrogens is 390 g/mol. The first kappa shape index (κ1) is 17.7. The Morgan fingerprint density at radius 3 is 2.71 bits per heavy atom. The van der Waals surface area contributed by atoms with E-state index in [9.17, 15) is 0 Å². The molecule has 0 saturated carbocycles. The average Bonchev–Trinajstić information content (AvgIpc) is 3.18. The third kappa shape index (κ3) is 2.82. The minimum absolute atomic E-state index is 0.508. The molecule has 4 nitrogen and oxygen atoms in total. The van der Waals surface area contributed by atoms with E-state index in [1.165, 1.54) is 0 Å². The number of rotatable bonds is 2. The van der Waals surface area contributed by atoms with Crippen LogP contribution < -0.4 is 5.32 Å². The summed E-state index contributed by atoms with van der Waals surface area (Å²) in [6.45, 7) is 1.39. The fourth-order valence-electron chi connectivity index (χ4n) is 3.86. The van der Waals surface area contributed by atoms with Crippen molar-refractivity contribution in [2.24, 2.45) is 0 Å². The van der Waals surface area contributed by atoms with Crippen molar-refractivity contribution >= 4 is 36.7 Å². The van der Waals surface area contributed by atoms with Gasteiger partial charge in [-0.15, -0.1) is 0 Å². The summed E-state index contributed by atoms with van der Waals surface area (Å²) >= 11 is 12.3. The molecule has 2 aromatic carbocycles. The molecule has 136 valence electrons. The normalized spacial score (nSPS) is 18.9. The number of halogens is 2. The number of aromatic nitrogens is 3. The van der Waals surface area contributed by atoms with Gasteiger partial charge in [0.2, 0.25) is 0 Å². The summed E-state index contributed by atoms with van der Waals surface area (Å²) in [6.07, 6.45) is 3.53. The van der Waals surface area contributed by atoms with Crippen molar-refractivity contribution in [3.05, 3.63) is 87.8 Å². The van der Waals surface area contributed by atoms with Gasteiger partial charge in [-0.05, 0) is 57.9 Å². The lowest BCUT2D eigenvalue weighted by atomic mass is 9.57. The second kappa shape index (κ2) is 6.62. The number of hydrogen-bond acceptors (Lipinski definition) is 3. The van der Waals surface area contributed by atoms with Crippen LogP contribution in [-0.4, -0.2) is 29.0 Å². The number of benzene rings is 2. The molecule has 2 aromatic heterocycles. The van der Waals surface area contributed by atoms with Gasteiger partial charge >= 0.3 is 0 Å². The van der Waals surface area contributed by atoms with E-state index in [2.05, 4.69) is 39.7 Å². The second-order valence-corrected chi connectivity index (χ2v) is 7.87. The van der Waals surface area contributed by atoms with Crippen molar-refractivity contribution in [1.29, 1.82) is 0 Å². The molecule has 0 spiro atoms. The van der Waals surface area contributed by atoms with Crippen LogP contribution >= 0.6 is 23.2 Å². The Bertz CT molecular complexity index is 1210. The smallest absolute Gasteiger partial charge is 0.155 e. The van der Waals surface area contributed by atoms with Crippen molar-refractivity contribution in [2.75, 3.05) is 6.54 Å². The third-order valence-electron chi connectivity index (χ3n) is 5.35. The van der Waals surface area contributed by atoms with Crippen LogP contribution in [0.1, 0.15) is 16.7 Å². The zero-order chi connectivity index (χ0) is 19.3. The lowest BCUT2D eigenvalue weighted by Gasteiger charge is -2.38. The number of fused-ring (bicyclic) bond motifs is 2. The van der Waals surface area contributed by atoms with E-state index in [1.807, 2.05) is 24.4 Å². The first-order valence-electron chi connectivity index (χ1n) is 8.93. The van der Waals surface area contributed by atoms with Gasteiger partial charge in [0.05, 0.1) is 17.9 Å². The highest BCUT2D eigenvalue weighted by Crippen LogP contribution is 2.38. The Kier molecular flexibility index (Phi) is 4.20. The van der Waals surface area contributed by atoms with Gasteiger partial charge in [0.25, 0.3) is 0 Å². The zero-order valence-corrected chi connectivity index (χ0v) is 16.4. The summed E-state index contributed by atoms with van der Waals surface area (Å²) in [6, 6.07) is 16.0. The van der Waals surface area contributed by atoms with E-state index in [4.69, 9.17) is 31.0 Å². The molecule has 0 saturated heterocycles. The van der Waals surface area contributed by atoms with Crippen LogP contribution in [0.3, 0.4) is 0 Å². The average molecular weight is 405 g/mol. The number of nitrogens with zero attached hydrogens (tertiary/aromatic N) is 3. The van der Waals surface area contributed by atoms with Crippen LogP contribution in [0.2, 0.25) is 10.0 Å². The summed E-state index contributed by atoms with van der Waals surface area (Å²) in [5.74, 6) is 0. The molecular formula is C21H15BCl2N4. The SMILES string of the molecule is [B]C1(c2ccc(Cl)c(Cl)c2)CNCc2cc(-c3ccc4ncnn4c3)ccc21. The van der Waals surface area contributed by atoms with Crippen LogP contribution in [0, 0.1) is 0 Å². The van der Waals surface area contributed by atoms with Gasteiger partial charge in [-0.2, -0.15) is 5.10 Å². The maximum atomic E-state index is 6.87. The Balaban J connectivity index is 1.59. The van der Waals surface area contributed by atoms with Crippen molar-refractivity contribution < 1.29 is 0 Å². The standard InChI is InChI=1S/C21H15BCl2N4/c22-21(16-3-5-18(23)19(24)8-16)11-25-9-15-7-13(1-4-17(15)21)14-2-6-20-26-12-27-28(20)10-14/h1-8,10,12,25H,9,11H2. The topological polar surface area (TPSA) is 42.2 Å². The highest BCUT2D eigenvalue weighted by molar-refractivity contribution is 6.42. The van der Waals surface area contributed by atoms with E-state index in [0.717, 1.165) is 40.0 Å². The molecule has 0 fully saturated rings. The van der Waals surface area contributed by atoms with Crippen molar-refractivity contribution in [2.45, 2.75) is 11.9 Å². The lowest BCUT2D eigenvalue weighted by molar-refractivity contribution is 0.549. The highest BCUT2D eigenvalue weighted by Gasteiger charge is 2.33. The molecule has 0 bridgehead atoms. The maximum absolute atomic E-state index is 6.87. The second-order valence-electron chi connectivity index (χ2n) is 7.06. The molecule has 4 aromatic rings. The Hall–Kier alpha value is -2.34. The van der Waals surface area contributed by atoms with Gasteiger partial charge in [0.1, 0.15) is 6.33 Å². The first-order chi connectivity index (χ1) is 13.5. The largest absolute Gasteiger partial charge is 0.312 e. The molecule has 2 radical (unpaired) electrons. The minimum atomic E-state index is -0.670. The summed E-state index contributed by atoms with van der Waals surface area (Å²) in [7, 11) is 6.87. The summed E-state index contributed by atoms with van der Waals surface area (Å²) < 4.78 is 1.77. The third-order valence-corrected chi connectivity index (χ3v) is 6.09. The van der Waals surface area contributed by atoms with E-state index in [0.29, 0.717) is 16.6 Å². The Morgan fingerprint density at radius 1 is 1.00 bits per heavy atom. The first-order valence-corrected chi connectivity index (χ1v) is 9.68. The van der Waals surface area contributed by atoms with E-state index in [1.54, 1.807) is 16.9 Å². The number of nitrogens with one attached hydrogen (secondary N) is 1. The van der Waals surface area contributed by atoms with Gasteiger partial charge in [-0.25, -0.2) is 9.50 Å². The van der Waals surface area contributed by atoms with Crippen LogP contribution in [0.15, 0.2) is 61.1 Å². The van der Waals surface area contributed by atoms with Gasteiger partial charge < -0.3 is 5.32 Å². The molecule has 1 atom stereocenters. The molecule has 5 rings (SSSR count). The Labute approximate surface area is 173 Å². The maximum Gasteiger partial charge on any atom is 0.155 e. The monoisotopic (exact) mass is 404 g/mol. The molecule has 1 unspecified atom stereocenters. The van der Waals surface area contributed by atoms with Crippen LogP contribution in [0.4, 0.5) is 0 Å². The minimum Gasteiger partial charge on any atom is -0.312 e. The molecule has 1 aliphatic heterocycles. The predicted molar refractivity (Wildman–Crippen MR) is 113 cm³/mol. The molecule has 0 amide bonds. The van der Waals surface area contributed by atoms with Crippen molar-refractivity contribution in [3.63, 3.8) is 0 Å². The van der Waals surface area contributed by atoms with Crippen molar-refractivity contribution in [1.82, 2.24) is 19.9 Å². The summed E-state index contributed by atoms with van der Waals surface area (Å²) in [5, 5.41) is 8.02. The van der Waals surface area contributed by atoms with E-state index < -0.39 is 5.31 Å². The number of hydrogen-bond donors (Lipinski definition) is 1. The fraction of sp³-hybridized carbons (Fsp3) is 0.143. The zero-order valence-electron chi connectivity index (χ0n) is 14.9. The van der Waals surface area contributed by atoms with Crippen LogP contribution in [0.5, 0.6) is 0 Å². The van der Waals surface area contributed by atoms with Crippen LogP contribution in [-0.2, 0) is 11.9 Å². The van der Waals surface area contributed by atoms with Crippen molar-refractivity contribution in [3.8, 4) is 11.1 Å².